The smallest absolute Gasteiger partial charge is 0.419 e. The number of ether oxygens (including phenoxy) is 1. The molecule has 88 valence electrons. The summed E-state index contributed by atoms with van der Waals surface area (Å²) in [6.07, 6.45) is -0.857. The van der Waals surface area contributed by atoms with Crippen molar-refractivity contribution in [3.63, 3.8) is 0 Å². The molecule has 0 amide bonds. The third-order valence-electron chi connectivity index (χ3n) is 2.31. The maximum absolute atomic E-state index is 12.7. The first-order chi connectivity index (χ1) is 7.50. The predicted octanol–water partition coefficient (Wildman–Crippen LogP) is 3.97. The first-order valence-corrected chi connectivity index (χ1v) is 6.15. The van der Waals surface area contributed by atoms with Gasteiger partial charge in [0.1, 0.15) is 5.75 Å². The fraction of sp³-hybridized carbons (Fsp3) is 0.455. The highest BCUT2D eigenvalue weighted by Crippen LogP contribution is 2.40. The Morgan fingerprint density at radius 3 is 2.50 bits per heavy atom. The average Bonchev–Trinajstić information content (AvgIpc) is 3.00. The third-order valence-corrected chi connectivity index (χ3v) is 3.04. The number of hydrogen-bond donors (Lipinski definition) is 0. The van der Waals surface area contributed by atoms with Crippen LogP contribution in [-0.4, -0.2) is 12.4 Å². The molecule has 1 fully saturated rings. The second kappa shape index (κ2) is 4.20. The van der Waals surface area contributed by atoms with Crippen molar-refractivity contribution in [1.82, 2.24) is 0 Å². The molecule has 1 nitrogen and oxygen atoms in total. The lowest BCUT2D eigenvalue weighted by molar-refractivity contribution is -0.139. The first kappa shape index (κ1) is 11.6. The second-order valence-corrected chi connectivity index (χ2v) is 4.56. The summed E-state index contributed by atoms with van der Waals surface area (Å²) in [6, 6.07) is 4.02. The highest BCUT2D eigenvalue weighted by molar-refractivity contribution is 7.98. The molecule has 0 aliphatic heterocycles. The minimum absolute atomic E-state index is 0.0294. The number of rotatable bonds is 3. The minimum Gasteiger partial charge on any atom is -0.490 e. The van der Waals surface area contributed by atoms with Crippen LogP contribution in [0.15, 0.2) is 23.1 Å². The van der Waals surface area contributed by atoms with E-state index >= 15 is 0 Å². The Bertz CT molecular complexity index is 385. The van der Waals surface area contributed by atoms with Crippen LogP contribution >= 0.6 is 11.8 Å². The average molecular weight is 248 g/mol. The van der Waals surface area contributed by atoms with E-state index in [-0.39, 0.29) is 11.9 Å². The van der Waals surface area contributed by atoms with Gasteiger partial charge in [-0.15, -0.1) is 11.8 Å². The van der Waals surface area contributed by atoms with E-state index in [0.29, 0.717) is 0 Å². The normalized spacial score (nSPS) is 16.2. The van der Waals surface area contributed by atoms with E-state index in [1.165, 1.54) is 23.9 Å². The molecule has 0 radical (unpaired) electrons. The fourth-order valence-electron chi connectivity index (χ4n) is 1.33. The van der Waals surface area contributed by atoms with Gasteiger partial charge in [-0.2, -0.15) is 13.2 Å². The zero-order chi connectivity index (χ0) is 11.8. The molecular weight excluding hydrogens is 237 g/mol. The largest absolute Gasteiger partial charge is 0.490 e. The number of halogens is 3. The molecule has 0 unspecified atom stereocenters. The van der Waals surface area contributed by atoms with Crippen LogP contribution in [0.1, 0.15) is 18.4 Å². The summed E-state index contributed by atoms with van der Waals surface area (Å²) in [6.45, 7) is 0. The van der Waals surface area contributed by atoms with Gasteiger partial charge in [0.2, 0.25) is 0 Å². The predicted molar refractivity (Wildman–Crippen MR) is 56.9 cm³/mol. The van der Waals surface area contributed by atoms with Crippen LogP contribution in [0.25, 0.3) is 0 Å². The van der Waals surface area contributed by atoms with E-state index in [2.05, 4.69) is 0 Å². The Hall–Kier alpha value is -0.840. The molecule has 0 N–H and O–H groups in total. The molecule has 0 aromatic heterocycles. The van der Waals surface area contributed by atoms with Crippen LogP contribution in [0, 0.1) is 0 Å². The van der Waals surface area contributed by atoms with E-state index in [9.17, 15) is 13.2 Å². The van der Waals surface area contributed by atoms with Crippen molar-refractivity contribution in [2.45, 2.75) is 30.0 Å². The van der Waals surface area contributed by atoms with Crippen LogP contribution in [0.5, 0.6) is 5.75 Å². The van der Waals surface area contributed by atoms with Gasteiger partial charge in [0.05, 0.1) is 11.7 Å². The summed E-state index contributed by atoms with van der Waals surface area (Å²) in [5.74, 6) is -0.0400. The second-order valence-electron chi connectivity index (χ2n) is 3.68. The molecule has 1 aliphatic carbocycles. The van der Waals surface area contributed by atoms with Gasteiger partial charge in [-0.05, 0) is 37.3 Å². The van der Waals surface area contributed by atoms with Crippen molar-refractivity contribution in [2.24, 2.45) is 0 Å². The molecule has 0 saturated heterocycles. The van der Waals surface area contributed by atoms with Crippen LogP contribution in [0.3, 0.4) is 0 Å². The molecule has 1 aromatic rings. The van der Waals surface area contributed by atoms with Gasteiger partial charge in [-0.1, -0.05) is 0 Å². The van der Waals surface area contributed by atoms with Crippen molar-refractivity contribution in [3.8, 4) is 5.75 Å². The summed E-state index contributed by atoms with van der Waals surface area (Å²) in [7, 11) is 0. The quantitative estimate of drug-likeness (QED) is 0.748. The van der Waals surface area contributed by atoms with E-state index < -0.39 is 11.7 Å². The maximum Gasteiger partial charge on any atom is 0.419 e. The van der Waals surface area contributed by atoms with E-state index in [1.807, 2.05) is 6.26 Å². The lowest BCUT2D eigenvalue weighted by atomic mass is 10.2. The summed E-state index contributed by atoms with van der Waals surface area (Å²) >= 11 is 1.40. The minimum atomic E-state index is -4.35. The van der Waals surface area contributed by atoms with E-state index in [1.54, 1.807) is 0 Å². The first-order valence-electron chi connectivity index (χ1n) is 4.92. The third kappa shape index (κ3) is 2.64. The zero-order valence-electron chi connectivity index (χ0n) is 8.67. The SMILES string of the molecule is CSc1ccc(C(F)(F)F)c(OC2CC2)c1. The lowest BCUT2D eigenvalue weighted by Gasteiger charge is -2.14. The Kier molecular flexibility index (Phi) is 3.06. The molecule has 0 heterocycles. The summed E-state index contributed by atoms with van der Waals surface area (Å²) < 4.78 is 43.3. The molecule has 1 aromatic carbocycles. The van der Waals surface area contributed by atoms with Crippen molar-refractivity contribution >= 4 is 11.8 Å². The van der Waals surface area contributed by atoms with Gasteiger partial charge in [-0.25, -0.2) is 0 Å². The van der Waals surface area contributed by atoms with Crippen LogP contribution in [0.4, 0.5) is 13.2 Å². The van der Waals surface area contributed by atoms with Crippen molar-refractivity contribution < 1.29 is 17.9 Å². The number of thioether (sulfide) groups is 1. The lowest BCUT2D eigenvalue weighted by Crippen LogP contribution is -2.09. The van der Waals surface area contributed by atoms with Gasteiger partial charge in [-0.3, -0.25) is 0 Å². The van der Waals surface area contributed by atoms with Gasteiger partial charge in [0.25, 0.3) is 0 Å². The summed E-state index contributed by atoms with van der Waals surface area (Å²) in [5, 5.41) is 0. The Morgan fingerprint density at radius 2 is 2.00 bits per heavy atom. The molecule has 5 heteroatoms. The van der Waals surface area contributed by atoms with Crippen molar-refractivity contribution in [2.75, 3.05) is 6.26 Å². The van der Waals surface area contributed by atoms with Gasteiger partial charge in [0, 0.05) is 4.90 Å². The highest BCUT2D eigenvalue weighted by Gasteiger charge is 2.36. The molecule has 16 heavy (non-hydrogen) atoms. The van der Waals surface area contributed by atoms with Crippen LogP contribution in [0.2, 0.25) is 0 Å². The Balaban J connectivity index is 2.33. The molecular formula is C11H11F3OS. The molecule has 0 spiro atoms. The summed E-state index contributed by atoms with van der Waals surface area (Å²) in [5.41, 5.74) is -0.683. The van der Waals surface area contributed by atoms with E-state index in [4.69, 9.17) is 4.74 Å². The van der Waals surface area contributed by atoms with Gasteiger partial charge < -0.3 is 4.74 Å². The summed E-state index contributed by atoms with van der Waals surface area (Å²) in [4.78, 5) is 0.781. The standard InChI is InChI=1S/C11H11F3OS/c1-16-8-4-5-9(11(12,13)14)10(6-8)15-7-2-3-7/h4-7H,2-3H2,1H3. The topological polar surface area (TPSA) is 9.23 Å². The maximum atomic E-state index is 12.7. The van der Waals surface area contributed by atoms with E-state index in [0.717, 1.165) is 23.8 Å². The molecule has 0 atom stereocenters. The number of alkyl halides is 3. The monoisotopic (exact) mass is 248 g/mol. The van der Waals surface area contributed by atoms with Crippen LogP contribution in [-0.2, 0) is 6.18 Å². The molecule has 1 saturated carbocycles. The molecule has 2 rings (SSSR count). The van der Waals surface area contributed by atoms with Crippen molar-refractivity contribution in [1.29, 1.82) is 0 Å². The number of hydrogen-bond acceptors (Lipinski definition) is 2. The Labute approximate surface area is 96.0 Å². The van der Waals surface area contributed by atoms with Gasteiger partial charge >= 0.3 is 6.18 Å². The Morgan fingerprint density at radius 1 is 1.31 bits per heavy atom. The molecule has 0 bridgehead atoms. The highest BCUT2D eigenvalue weighted by atomic mass is 32.2. The zero-order valence-corrected chi connectivity index (χ0v) is 9.49. The van der Waals surface area contributed by atoms with Crippen LogP contribution < -0.4 is 4.74 Å². The fourth-order valence-corrected chi connectivity index (χ4v) is 1.76. The number of benzene rings is 1. The van der Waals surface area contributed by atoms with Crippen molar-refractivity contribution in [3.05, 3.63) is 23.8 Å². The molecule has 1 aliphatic rings. The van der Waals surface area contributed by atoms with Gasteiger partial charge in [0.15, 0.2) is 0 Å².